The van der Waals surface area contributed by atoms with E-state index in [1.807, 2.05) is 13.2 Å². The lowest BCUT2D eigenvalue weighted by Crippen LogP contribution is -2.24. The van der Waals surface area contributed by atoms with Crippen LogP contribution in [0, 0.1) is 6.92 Å². The van der Waals surface area contributed by atoms with E-state index >= 15 is 0 Å². The first-order valence-corrected chi connectivity index (χ1v) is 13.6. The third-order valence-electron chi connectivity index (χ3n) is 2.32. The van der Waals surface area contributed by atoms with E-state index < -0.39 is 18.1 Å². The molecule has 0 atom stereocenters. The largest absolute Gasteiger partial charge is 0.283 e. The Morgan fingerprint density at radius 3 is 2.20 bits per heavy atom. The van der Waals surface area contributed by atoms with E-state index in [-0.39, 0.29) is 4.90 Å². The second-order valence-corrected chi connectivity index (χ2v) is 15.3. The number of hydrogen-bond donors (Lipinski definition) is 0. The fourth-order valence-electron chi connectivity index (χ4n) is 1.26. The summed E-state index contributed by atoms with van der Waals surface area (Å²) in [6.07, 6.45) is 1.86. The zero-order valence-corrected chi connectivity index (χ0v) is 16.0. The number of aryl methyl sites for hydroxylation is 1. The quantitative estimate of drug-likeness (QED) is 0.469. The molecule has 20 heavy (non-hydrogen) atoms. The molecule has 0 heterocycles. The van der Waals surface area contributed by atoms with Gasteiger partial charge in [-0.2, -0.15) is 8.42 Å². The lowest BCUT2D eigenvalue weighted by atomic mass is 10.2. The molecule has 0 aliphatic heterocycles. The molecule has 7 heteroatoms. The summed E-state index contributed by atoms with van der Waals surface area (Å²) in [5, 5.41) is 0.968. The molecule has 3 nitrogen and oxygen atoms in total. The van der Waals surface area contributed by atoms with Crippen LogP contribution >= 0.6 is 23.5 Å². The van der Waals surface area contributed by atoms with Gasteiger partial charge >= 0.3 is 0 Å². The summed E-state index contributed by atoms with van der Waals surface area (Å²) in [7, 11) is -4.82. The smallest absolute Gasteiger partial charge is 0.199 e. The van der Waals surface area contributed by atoms with Gasteiger partial charge in [-0.3, -0.25) is 0 Å². The van der Waals surface area contributed by atoms with Crippen molar-refractivity contribution in [2.75, 3.05) is 11.6 Å². The molecule has 0 unspecified atom stereocenters. The van der Waals surface area contributed by atoms with Gasteiger partial charge in [-0.1, -0.05) is 37.3 Å². The molecule has 0 amide bonds. The Morgan fingerprint density at radius 1 is 1.20 bits per heavy atom. The van der Waals surface area contributed by atoms with Gasteiger partial charge in [-0.05, 0) is 30.7 Å². The van der Waals surface area contributed by atoms with Crippen LogP contribution in [0.25, 0.3) is 0 Å². The third-order valence-corrected chi connectivity index (χ3v) is 9.51. The predicted molar refractivity (Wildman–Crippen MR) is 95.1 cm³/mol. The highest BCUT2D eigenvalue weighted by molar-refractivity contribution is 8.39. The van der Waals surface area contributed by atoms with Gasteiger partial charge in [0.1, 0.15) is 4.38 Å². The van der Waals surface area contributed by atoms with Crippen molar-refractivity contribution in [3.05, 3.63) is 29.8 Å². The van der Waals surface area contributed by atoms with Crippen molar-refractivity contribution in [2.24, 2.45) is 4.40 Å². The number of thioether (sulfide) groups is 2. The summed E-state index contributed by atoms with van der Waals surface area (Å²) in [5.41, 5.74) is 1.03. The molecule has 1 rings (SSSR count). The maximum atomic E-state index is 12.2. The Morgan fingerprint density at radius 2 is 1.75 bits per heavy atom. The molecule has 0 N–H and O–H groups in total. The minimum atomic E-state index is -3.59. The van der Waals surface area contributed by atoms with Crippen LogP contribution in [0.1, 0.15) is 5.56 Å². The fraction of sp³-hybridized carbons (Fsp3) is 0.462. The van der Waals surface area contributed by atoms with Crippen LogP contribution in [0.2, 0.25) is 19.6 Å². The average molecular weight is 348 g/mol. The highest BCUT2D eigenvalue weighted by Gasteiger charge is 2.18. The highest BCUT2D eigenvalue weighted by atomic mass is 32.2. The molecule has 0 saturated heterocycles. The SMILES string of the molecule is CS/C(=N\S(=O)(=O)c1ccc(C)cc1)SC[Si](C)(C)C. The van der Waals surface area contributed by atoms with E-state index in [0.29, 0.717) is 4.38 Å². The monoisotopic (exact) mass is 347 g/mol. The molecule has 0 aliphatic carbocycles. The Balaban J connectivity index is 2.95. The van der Waals surface area contributed by atoms with E-state index in [2.05, 4.69) is 24.0 Å². The van der Waals surface area contributed by atoms with Gasteiger partial charge in [0.15, 0.2) is 0 Å². The Labute approximate surface area is 131 Å². The Bertz CT molecular complexity index is 575. The van der Waals surface area contributed by atoms with Crippen LogP contribution in [0.15, 0.2) is 33.6 Å². The first-order valence-electron chi connectivity index (χ1n) is 6.22. The lowest BCUT2D eigenvalue weighted by molar-refractivity contribution is 0.598. The molecule has 0 spiro atoms. The summed E-state index contributed by atoms with van der Waals surface area (Å²) in [6, 6.07) is 6.79. The Kier molecular flexibility index (Phi) is 6.37. The van der Waals surface area contributed by atoms with Gasteiger partial charge in [0.2, 0.25) is 0 Å². The molecule has 0 bridgehead atoms. The van der Waals surface area contributed by atoms with E-state index in [1.165, 1.54) is 11.8 Å². The van der Waals surface area contributed by atoms with Crippen molar-refractivity contribution < 1.29 is 8.42 Å². The van der Waals surface area contributed by atoms with Crippen molar-refractivity contribution in [2.45, 2.75) is 31.5 Å². The van der Waals surface area contributed by atoms with Gasteiger partial charge < -0.3 is 0 Å². The normalized spacial score (nSPS) is 13.6. The molecule has 0 saturated carbocycles. The molecule has 1 aromatic carbocycles. The van der Waals surface area contributed by atoms with Crippen LogP contribution in [-0.4, -0.2) is 32.5 Å². The molecule has 0 aromatic heterocycles. The van der Waals surface area contributed by atoms with Crippen molar-refractivity contribution in [3.8, 4) is 0 Å². The number of hydrogen-bond acceptors (Lipinski definition) is 4. The lowest BCUT2D eigenvalue weighted by Gasteiger charge is -2.14. The minimum Gasteiger partial charge on any atom is -0.199 e. The summed E-state index contributed by atoms with van der Waals surface area (Å²) < 4.78 is 29.1. The summed E-state index contributed by atoms with van der Waals surface area (Å²) in [5.74, 6) is 0. The summed E-state index contributed by atoms with van der Waals surface area (Å²) in [4.78, 5) is 0.253. The number of nitrogens with zero attached hydrogens (tertiary/aromatic N) is 1. The first-order chi connectivity index (χ1) is 9.14. The fourth-order valence-corrected chi connectivity index (χ4v) is 6.37. The van der Waals surface area contributed by atoms with Crippen LogP contribution in [0.4, 0.5) is 0 Å². The zero-order chi connectivity index (χ0) is 15.4. The van der Waals surface area contributed by atoms with Crippen LogP contribution < -0.4 is 0 Å². The molecule has 0 aliphatic rings. The molecule has 112 valence electrons. The molecule has 0 radical (unpaired) electrons. The topological polar surface area (TPSA) is 46.5 Å². The minimum absolute atomic E-state index is 0.253. The van der Waals surface area contributed by atoms with Gasteiger partial charge in [-0.25, -0.2) is 0 Å². The highest BCUT2D eigenvalue weighted by Crippen LogP contribution is 2.23. The number of sulfonamides is 1. The molecule has 1 aromatic rings. The van der Waals surface area contributed by atoms with E-state index in [1.54, 1.807) is 36.0 Å². The third kappa shape index (κ3) is 6.03. The first kappa shape index (κ1) is 17.8. The van der Waals surface area contributed by atoms with E-state index in [0.717, 1.165) is 10.9 Å². The predicted octanol–water partition coefficient (Wildman–Crippen LogP) is 4.01. The van der Waals surface area contributed by atoms with Crippen molar-refractivity contribution in [1.29, 1.82) is 0 Å². The van der Waals surface area contributed by atoms with Crippen molar-refractivity contribution >= 4 is 46.0 Å². The molecular weight excluding hydrogens is 326 g/mol. The van der Waals surface area contributed by atoms with E-state index in [4.69, 9.17) is 0 Å². The second-order valence-electron chi connectivity index (χ2n) is 5.70. The van der Waals surface area contributed by atoms with Gasteiger partial charge in [0.25, 0.3) is 10.0 Å². The van der Waals surface area contributed by atoms with Gasteiger partial charge in [-0.15, -0.1) is 27.9 Å². The van der Waals surface area contributed by atoms with Crippen LogP contribution in [0.5, 0.6) is 0 Å². The average Bonchev–Trinajstić information content (AvgIpc) is 2.34. The van der Waals surface area contributed by atoms with Gasteiger partial charge in [0, 0.05) is 0 Å². The second kappa shape index (κ2) is 7.15. The van der Waals surface area contributed by atoms with Gasteiger partial charge in [0.05, 0.1) is 13.0 Å². The number of benzene rings is 1. The van der Waals surface area contributed by atoms with E-state index in [9.17, 15) is 8.42 Å². The summed E-state index contributed by atoms with van der Waals surface area (Å²) >= 11 is 2.94. The molecule has 0 fully saturated rings. The van der Waals surface area contributed by atoms with Crippen LogP contribution in [-0.2, 0) is 10.0 Å². The number of rotatable bonds is 4. The maximum absolute atomic E-state index is 12.2. The zero-order valence-electron chi connectivity index (χ0n) is 12.5. The van der Waals surface area contributed by atoms with Crippen molar-refractivity contribution in [3.63, 3.8) is 0 Å². The standard InChI is InChI=1S/C13H21NO2S3Si/c1-11-6-8-12(9-7-11)19(15,16)14-13(17-2)18-10-20(3,4)5/h6-9H,10H2,1-5H3/b14-13+. The molecular formula is C13H21NO2S3Si. The van der Waals surface area contributed by atoms with Crippen LogP contribution in [0.3, 0.4) is 0 Å². The maximum Gasteiger partial charge on any atom is 0.283 e. The summed E-state index contributed by atoms with van der Waals surface area (Å²) in [6.45, 7) is 8.70. The van der Waals surface area contributed by atoms with Crippen molar-refractivity contribution in [1.82, 2.24) is 0 Å². The Hall–Kier alpha value is -0.243.